The van der Waals surface area contributed by atoms with Crippen LogP contribution in [0.25, 0.3) is 0 Å². The number of halogens is 1. The number of nitrogens with zero attached hydrogens (tertiary/aromatic N) is 1. The molecule has 0 saturated carbocycles. The Morgan fingerprint density at radius 1 is 1.23 bits per heavy atom. The number of methoxy groups -OCH3 is 2. The lowest BCUT2D eigenvalue weighted by Gasteiger charge is -2.16. The Balaban J connectivity index is 1.96. The van der Waals surface area contributed by atoms with Crippen LogP contribution in [0.4, 0.5) is 5.69 Å². The number of hydrogen-bond acceptors (Lipinski definition) is 8. The first-order chi connectivity index (χ1) is 14.4. The zero-order chi connectivity index (χ0) is 21.9. The average molecular weight is 487 g/mol. The number of benzene rings is 1. The van der Waals surface area contributed by atoms with E-state index < -0.39 is 11.9 Å². The summed E-state index contributed by atoms with van der Waals surface area (Å²) in [5, 5.41) is 15.6. The highest BCUT2D eigenvalue weighted by Gasteiger charge is 2.18. The molecule has 0 aliphatic rings. The third kappa shape index (κ3) is 7.50. The van der Waals surface area contributed by atoms with Crippen LogP contribution in [0.5, 0.6) is 0 Å². The largest absolute Gasteiger partial charge is 0.478 e. The van der Waals surface area contributed by atoms with Gasteiger partial charge in [0.1, 0.15) is 19.3 Å². The van der Waals surface area contributed by atoms with Gasteiger partial charge in [0.2, 0.25) is 0 Å². The van der Waals surface area contributed by atoms with Gasteiger partial charge in [0.25, 0.3) is 5.91 Å². The second-order valence-corrected chi connectivity index (χ2v) is 7.05. The van der Waals surface area contributed by atoms with E-state index in [-0.39, 0.29) is 36.6 Å². The topological polar surface area (TPSA) is 129 Å². The van der Waals surface area contributed by atoms with Crippen molar-refractivity contribution in [3.63, 3.8) is 0 Å². The maximum absolute atomic E-state index is 12.4. The van der Waals surface area contributed by atoms with Crippen molar-refractivity contribution in [2.45, 2.75) is 18.9 Å². The molecule has 2 N–H and O–H groups in total. The van der Waals surface area contributed by atoms with Gasteiger partial charge < -0.3 is 33.9 Å². The van der Waals surface area contributed by atoms with Crippen LogP contribution in [-0.2, 0) is 25.4 Å². The summed E-state index contributed by atoms with van der Waals surface area (Å²) in [5.41, 5.74) is 0.147. The normalized spacial score (nSPS) is 12.0. The standard InChI is InChI=1S/C19H23BrN2O8/c1-26-10-28-9-14(29-11-27-2)5-4-13-8-17(22-30-13)18(23)21-16-6-3-12(20)7-15(16)19(24)25/h3,6-8,14H,4-5,9-11H2,1-2H3,(H,21,23)(H,24,25). The lowest BCUT2D eigenvalue weighted by Crippen LogP contribution is -2.22. The molecule has 0 spiro atoms. The number of hydrogen-bond donors (Lipinski definition) is 2. The van der Waals surface area contributed by atoms with Crippen molar-refractivity contribution >= 4 is 33.5 Å². The lowest BCUT2D eigenvalue weighted by atomic mass is 10.1. The van der Waals surface area contributed by atoms with Crippen LogP contribution >= 0.6 is 15.9 Å². The van der Waals surface area contributed by atoms with Crippen molar-refractivity contribution in [3.8, 4) is 0 Å². The predicted molar refractivity (Wildman–Crippen MR) is 108 cm³/mol. The molecule has 0 aliphatic heterocycles. The molecule has 11 heteroatoms. The molecular formula is C19H23BrN2O8. The van der Waals surface area contributed by atoms with E-state index in [0.29, 0.717) is 29.7 Å². The molecule has 2 aromatic rings. The summed E-state index contributed by atoms with van der Waals surface area (Å²) in [6, 6.07) is 6.02. The minimum Gasteiger partial charge on any atom is -0.478 e. The number of aryl methyl sites for hydroxylation is 1. The SMILES string of the molecule is COCOCC(CCc1cc(C(=O)Nc2ccc(Br)cc2C(=O)O)no1)OCOC. The highest BCUT2D eigenvalue weighted by atomic mass is 79.9. The Hall–Kier alpha value is -2.31. The first-order valence-corrected chi connectivity index (χ1v) is 9.71. The smallest absolute Gasteiger partial charge is 0.337 e. The third-order valence-corrected chi connectivity index (χ3v) is 4.38. The Labute approximate surface area is 181 Å². The fourth-order valence-electron chi connectivity index (χ4n) is 2.47. The van der Waals surface area contributed by atoms with Gasteiger partial charge in [-0.3, -0.25) is 4.79 Å². The Bertz CT molecular complexity index is 842. The van der Waals surface area contributed by atoms with Gasteiger partial charge in [-0.15, -0.1) is 0 Å². The molecule has 1 heterocycles. The number of carboxylic acid groups (broad SMARTS) is 1. The molecule has 0 aliphatic carbocycles. The quantitative estimate of drug-likeness (QED) is 0.324. The first-order valence-electron chi connectivity index (χ1n) is 8.91. The van der Waals surface area contributed by atoms with Gasteiger partial charge in [-0.2, -0.15) is 0 Å². The lowest BCUT2D eigenvalue weighted by molar-refractivity contribution is -0.121. The summed E-state index contributed by atoms with van der Waals surface area (Å²) >= 11 is 3.21. The second-order valence-electron chi connectivity index (χ2n) is 6.14. The van der Waals surface area contributed by atoms with Crippen LogP contribution in [0.1, 0.15) is 33.0 Å². The molecule has 1 atom stereocenters. The zero-order valence-electron chi connectivity index (χ0n) is 16.6. The van der Waals surface area contributed by atoms with Crippen molar-refractivity contribution in [2.24, 2.45) is 0 Å². The molecule has 0 fully saturated rings. The summed E-state index contributed by atoms with van der Waals surface area (Å²) in [7, 11) is 3.05. The van der Waals surface area contributed by atoms with Gasteiger partial charge in [-0.05, 0) is 24.6 Å². The first kappa shape index (κ1) is 24.0. The number of aromatic carboxylic acids is 1. The minimum atomic E-state index is -1.16. The van der Waals surface area contributed by atoms with Crippen molar-refractivity contribution < 1.29 is 38.2 Å². The molecular weight excluding hydrogens is 464 g/mol. The number of rotatable bonds is 13. The molecule has 0 bridgehead atoms. The van der Waals surface area contributed by atoms with E-state index >= 15 is 0 Å². The summed E-state index contributed by atoms with van der Waals surface area (Å²) in [6.07, 6.45) is 0.728. The molecule has 1 aromatic heterocycles. The minimum absolute atomic E-state index is 0.0363. The number of amides is 1. The van der Waals surface area contributed by atoms with Crippen LogP contribution in [-0.4, -0.2) is 62.7 Å². The molecule has 10 nitrogen and oxygen atoms in total. The molecule has 2 rings (SSSR count). The van der Waals surface area contributed by atoms with Crippen LogP contribution < -0.4 is 5.32 Å². The van der Waals surface area contributed by atoms with Crippen molar-refractivity contribution in [1.29, 1.82) is 0 Å². The van der Waals surface area contributed by atoms with E-state index in [1.807, 2.05) is 0 Å². The van der Waals surface area contributed by atoms with Crippen molar-refractivity contribution in [3.05, 3.63) is 45.8 Å². The summed E-state index contributed by atoms with van der Waals surface area (Å²) in [6.45, 7) is 0.568. The molecule has 1 unspecified atom stereocenters. The maximum Gasteiger partial charge on any atom is 0.337 e. The Morgan fingerprint density at radius 2 is 2.00 bits per heavy atom. The second kappa shape index (κ2) is 12.4. The average Bonchev–Trinajstić information content (AvgIpc) is 3.20. The van der Waals surface area contributed by atoms with Crippen LogP contribution in [0.15, 0.2) is 33.3 Å². The van der Waals surface area contributed by atoms with Gasteiger partial charge in [0.05, 0.1) is 24.0 Å². The number of carboxylic acids is 1. The van der Waals surface area contributed by atoms with Gasteiger partial charge in [-0.1, -0.05) is 21.1 Å². The number of carbonyl (C=O) groups excluding carboxylic acids is 1. The number of anilines is 1. The fraction of sp³-hybridized carbons (Fsp3) is 0.421. The summed E-state index contributed by atoms with van der Waals surface area (Å²) in [5.74, 6) is -1.26. The predicted octanol–water partition coefficient (Wildman–Crippen LogP) is 2.93. The zero-order valence-corrected chi connectivity index (χ0v) is 18.1. The number of carbonyl (C=O) groups is 2. The molecule has 0 radical (unpaired) electrons. The van der Waals surface area contributed by atoms with E-state index in [2.05, 4.69) is 26.4 Å². The molecule has 1 amide bonds. The monoisotopic (exact) mass is 486 g/mol. The Morgan fingerprint density at radius 3 is 2.70 bits per heavy atom. The van der Waals surface area contributed by atoms with Gasteiger partial charge in [0.15, 0.2) is 5.69 Å². The summed E-state index contributed by atoms with van der Waals surface area (Å²) in [4.78, 5) is 23.8. The number of ether oxygens (including phenoxy) is 4. The van der Waals surface area contributed by atoms with Gasteiger partial charge in [-0.25, -0.2) is 4.79 Å². The van der Waals surface area contributed by atoms with Crippen LogP contribution in [0, 0.1) is 0 Å². The van der Waals surface area contributed by atoms with Crippen LogP contribution in [0.2, 0.25) is 0 Å². The number of nitrogens with one attached hydrogen (secondary N) is 1. The van der Waals surface area contributed by atoms with E-state index in [1.165, 1.54) is 32.4 Å². The highest BCUT2D eigenvalue weighted by molar-refractivity contribution is 9.10. The van der Waals surface area contributed by atoms with E-state index in [4.69, 9.17) is 23.5 Å². The fourth-order valence-corrected chi connectivity index (χ4v) is 2.83. The molecule has 30 heavy (non-hydrogen) atoms. The molecule has 1 aromatic carbocycles. The summed E-state index contributed by atoms with van der Waals surface area (Å²) < 4.78 is 26.4. The van der Waals surface area contributed by atoms with Gasteiger partial charge >= 0.3 is 5.97 Å². The van der Waals surface area contributed by atoms with E-state index in [9.17, 15) is 14.7 Å². The Kier molecular flexibility index (Phi) is 9.91. The highest BCUT2D eigenvalue weighted by Crippen LogP contribution is 2.22. The van der Waals surface area contributed by atoms with Crippen molar-refractivity contribution in [1.82, 2.24) is 5.16 Å². The van der Waals surface area contributed by atoms with Crippen molar-refractivity contribution in [2.75, 3.05) is 39.7 Å². The maximum atomic E-state index is 12.4. The van der Waals surface area contributed by atoms with E-state index in [0.717, 1.165) is 0 Å². The molecule has 164 valence electrons. The molecule has 0 saturated heterocycles. The number of aromatic nitrogens is 1. The third-order valence-electron chi connectivity index (χ3n) is 3.89. The van der Waals surface area contributed by atoms with E-state index in [1.54, 1.807) is 6.07 Å². The van der Waals surface area contributed by atoms with Gasteiger partial charge in [0, 0.05) is 31.2 Å². The van der Waals surface area contributed by atoms with Crippen LogP contribution in [0.3, 0.4) is 0 Å².